The molecular weight excluding hydrogens is 230 g/mol. The maximum atomic E-state index is 10.7. The van der Waals surface area contributed by atoms with Gasteiger partial charge in [0.15, 0.2) is 0 Å². The molecule has 92 valence electrons. The zero-order valence-corrected chi connectivity index (χ0v) is 9.80. The maximum absolute atomic E-state index is 10.7. The summed E-state index contributed by atoms with van der Waals surface area (Å²) in [6.45, 7) is 0. The third-order valence-corrected chi connectivity index (χ3v) is 2.95. The van der Waals surface area contributed by atoms with Gasteiger partial charge in [-0.25, -0.2) is 0 Å². The minimum Gasteiger partial charge on any atom is -0.382 e. The van der Waals surface area contributed by atoms with Crippen LogP contribution in [-0.4, -0.2) is 11.0 Å². The lowest BCUT2D eigenvalue weighted by Crippen LogP contribution is -2.20. The topological polar surface area (TPSA) is 79.0 Å². The van der Waals surface area contributed by atoms with E-state index in [1.807, 2.05) is 6.07 Å². The lowest BCUT2D eigenvalue weighted by atomic mass is 10.0. The zero-order chi connectivity index (χ0) is 13.0. The third-order valence-electron chi connectivity index (χ3n) is 2.95. The highest BCUT2D eigenvalue weighted by atomic mass is 16.6. The van der Waals surface area contributed by atoms with Crippen LogP contribution in [0, 0.1) is 21.4 Å². The first kappa shape index (κ1) is 12.1. The Bertz CT molecular complexity index is 532. The Labute approximate surface area is 105 Å². The van der Waals surface area contributed by atoms with Gasteiger partial charge in [0.1, 0.15) is 11.6 Å². The maximum Gasteiger partial charge on any atom is 0.287 e. The molecule has 0 spiro atoms. The summed E-state index contributed by atoms with van der Waals surface area (Å²) in [5.74, 6) is 0. The monoisotopic (exact) mass is 243 g/mol. The number of nitriles is 1. The molecule has 1 atom stereocenters. The molecule has 1 unspecified atom stereocenters. The van der Waals surface area contributed by atoms with E-state index in [4.69, 9.17) is 5.26 Å². The largest absolute Gasteiger partial charge is 0.382 e. The first-order chi connectivity index (χ1) is 8.70. The van der Waals surface area contributed by atoms with Crippen molar-refractivity contribution in [1.29, 1.82) is 5.26 Å². The molecule has 0 aromatic heterocycles. The van der Waals surface area contributed by atoms with Crippen molar-refractivity contribution < 1.29 is 4.92 Å². The van der Waals surface area contributed by atoms with Gasteiger partial charge < -0.3 is 5.32 Å². The van der Waals surface area contributed by atoms with Gasteiger partial charge in [0.25, 0.3) is 5.69 Å². The fourth-order valence-electron chi connectivity index (χ4n) is 2.03. The quantitative estimate of drug-likeness (QED) is 0.502. The van der Waals surface area contributed by atoms with Crippen molar-refractivity contribution >= 4 is 11.4 Å². The molecule has 5 heteroatoms. The van der Waals surface area contributed by atoms with E-state index in [0.29, 0.717) is 6.04 Å². The Morgan fingerprint density at radius 1 is 1.44 bits per heavy atom. The van der Waals surface area contributed by atoms with Crippen LogP contribution in [-0.2, 0) is 0 Å². The molecule has 1 aliphatic rings. The first-order valence-corrected chi connectivity index (χ1v) is 5.81. The molecule has 1 aromatic rings. The molecule has 0 saturated heterocycles. The van der Waals surface area contributed by atoms with Gasteiger partial charge in [-0.3, -0.25) is 10.1 Å². The molecule has 0 radical (unpaired) electrons. The second-order valence-electron chi connectivity index (χ2n) is 4.23. The number of benzene rings is 1. The van der Waals surface area contributed by atoms with E-state index < -0.39 is 4.92 Å². The highest BCUT2D eigenvalue weighted by Crippen LogP contribution is 2.24. The number of nitrogens with zero attached hydrogens (tertiary/aromatic N) is 2. The standard InChI is InChI=1S/C13H13N3O2/c14-9-10-8-12(6-7-13(10)16(17)18)15-11-4-2-1-3-5-11/h1-2,6-8,11,15H,3-5H2. The Kier molecular flexibility index (Phi) is 3.58. The summed E-state index contributed by atoms with van der Waals surface area (Å²) in [6.07, 6.45) is 7.29. The Balaban J connectivity index is 2.17. The molecule has 1 N–H and O–H groups in total. The van der Waals surface area contributed by atoms with Crippen molar-refractivity contribution in [2.75, 3.05) is 5.32 Å². The Morgan fingerprint density at radius 3 is 2.89 bits per heavy atom. The van der Waals surface area contributed by atoms with Crippen molar-refractivity contribution in [1.82, 2.24) is 0 Å². The van der Waals surface area contributed by atoms with Crippen LogP contribution >= 0.6 is 0 Å². The van der Waals surface area contributed by atoms with E-state index >= 15 is 0 Å². The lowest BCUT2D eigenvalue weighted by molar-refractivity contribution is -0.385. The van der Waals surface area contributed by atoms with Gasteiger partial charge in [-0.15, -0.1) is 0 Å². The highest BCUT2D eigenvalue weighted by Gasteiger charge is 2.15. The van der Waals surface area contributed by atoms with Crippen LogP contribution in [0.5, 0.6) is 0 Å². The summed E-state index contributed by atoms with van der Waals surface area (Å²) >= 11 is 0. The number of hydrogen-bond donors (Lipinski definition) is 1. The summed E-state index contributed by atoms with van der Waals surface area (Å²) in [6, 6.07) is 6.76. The van der Waals surface area contributed by atoms with E-state index in [-0.39, 0.29) is 11.3 Å². The average Bonchev–Trinajstić information content (AvgIpc) is 2.39. The molecule has 0 saturated carbocycles. The minimum absolute atomic E-state index is 0.0938. The molecule has 18 heavy (non-hydrogen) atoms. The molecular formula is C13H13N3O2. The van der Waals surface area contributed by atoms with E-state index in [2.05, 4.69) is 17.5 Å². The summed E-state index contributed by atoms with van der Waals surface area (Å²) in [4.78, 5) is 10.2. The number of hydrogen-bond acceptors (Lipinski definition) is 4. The number of allylic oxidation sites excluding steroid dienone is 1. The van der Waals surface area contributed by atoms with Crippen molar-refractivity contribution in [2.45, 2.75) is 25.3 Å². The lowest BCUT2D eigenvalue weighted by Gasteiger charge is -2.20. The van der Waals surface area contributed by atoms with E-state index in [9.17, 15) is 10.1 Å². The van der Waals surface area contributed by atoms with Gasteiger partial charge in [-0.2, -0.15) is 5.26 Å². The number of nitro benzene ring substituents is 1. The Morgan fingerprint density at radius 2 is 2.28 bits per heavy atom. The summed E-state index contributed by atoms with van der Waals surface area (Å²) in [5, 5.41) is 22.9. The van der Waals surface area contributed by atoms with Crippen LogP contribution in [0.4, 0.5) is 11.4 Å². The number of rotatable bonds is 3. The third kappa shape index (κ3) is 2.66. The average molecular weight is 243 g/mol. The van der Waals surface area contributed by atoms with Crippen molar-refractivity contribution in [2.24, 2.45) is 0 Å². The number of anilines is 1. The molecule has 0 fully saturated rings. The van der Waals surface area contributed by atoms with Crippen LogP contribution in [0.1, 0.15) is 24.8 Å². The molecule has 0 bridgehead atoms. The fraction of sp³-hybridized carbons (Fsp3) is 0.308. The molecule has 1 aromatic carbocycles. The molecule has 1 aliphatic carbocycles. The van der Waals surface area contributed by atoms with Crippen LogP contribution in [0.15, 0.2) is 30.4 Å². The molecule has 2 rings (SSSR count). The van der Waals surface area contributed by atoms with Crippen LogP contribution in [0.3, 0.4) is 0 Å². The van der Waals surface area contributed by atoms with Gasteiger partial charge in [-0.05, 0) is 31.4 Å². The molecule has 0 heterocycles. The van der Waals surface area contributed by atoms with Gasteiger partial charge in [-0.1, -0.05) is 12.2 Å². The first-order valence-electron chi connectivity index (χ1n) is 5.81. The SMILES string of the molecule is N#Cc1cc(NC2CC=CCC2)ccc1[N+](=O)[O-]. The molecule has 5 nitrogen and oxygen atoms in total. The minimum atomic E-state index is -0.536. The van der Waals surface area contributed by atoms with E-state index in [0.717, 1.165) is 24.9 Å². The van der Waals surface area contributed by atoms with Crippen molar-refractivity contribution in [3.8, 4) is 6.07 Å². The van der Waals surface area contributed by atoms with Gasteiger partial charge in [0.05, 0.1) is 4.92 Å². The molecule has 0 amide bonds. The Hall–Kier alpha value is -2.35. The van der Waals surface area contributed by atoms with Gasteiger partial charge >= 0.3 is 0 Å². The van der Waals surface area contributed by atoms with Crippen LogP contribution < -0.4 is 5.32 Å². The van der Waals surface area contributed by atoms with Gasteiger partial charge in [0, 0.05) is 17.8 Å². The number of nitrogens with one attached hydrogen (secondary N) is 1. The van der Waals surface area contributed by atoms with Crippen LogP contribution in [0.2, 0.25) is 0 Å². The zero-order valence-electron chi connectivity index (χ0n) is 9.80. The van der Waals surface area contributed by atoms with Crippen molar-refractivity contribution in [3.05, 3.63) is 46.0 Å². The van der Waals surface area contributed by atoms with Gasteiger partial charge in [0.2, 0.25) is 0 Å². The fourth-order valence-corrected chi connectivity index (χ4v) is 2.03. The van der Waals surface area contributed by atoms with E-state index in [1.165, 1.54) is 12.1 Å². The normalized spacial score (nSPS) is 18.1. The van der Waals surface area contributed by atoms with E-state index in [1.54, 1.807) is 6.07 Å². The van der Waals surface area contributed by atoms with Crippen molar-refractivity contribution in [3.63, 3.8) is 0 Å². The summed E-state index contributed by atoms with van der Waals surface area (Å²) in [5.41, 5.74) is 0.709. The number of nitro groups is 1. The summed E-state index contributed by atoms with van der Waals surface area (Å²) < 4.78 is 0. The smallest absolute Gasteiger partial charge is 0.287 e. The van der Waals surface area contributed by atoms with Crippen LogP contribution in [0.25, 0.3) is 0 Å². The molecule has 0 aliphatic heterocycles. The predicted octanol–water partition coefficient (Wildman–Crippen LogP) is 2.99. The summed E-state index contributed by atoms with van der Waals surface area (Å²) in [7, 11) is 0. The second kappa shape index (κ2) is 5.32. The highest BCUT2D eigenvalue weighted by molar-refractivity contribution is 5.59. The predicted molar refractivity (Wildman–Crippen MR) is 68.2 cm³/mol. The second-order valence-corrected chi connectivity index (χ2v) is 4.23.